The van der Waals surface area contributed by atoms with Crippen molar-refractivity contribution in [3.05, 3.63) is 0 Å². The van der Waals surface area contributed by atoms with Crippen molar-refractivity contribution in [2.24, 2.45) is 11.7 Å². The first-order chi connectivity index (χ1) is 7.60. The van der Waals surface area contributed by atoms with E-state index in [4.69, 9.17) is 21.6 Å². The maximum Gasteiger partial charge on any atom is 0.220 e. The highest BCUT2D eigenvalue weighted by Crippen LogP contribution is 2.33. The lowest BCUT2D eigenvalue weighted by Gasteiger charge is -2.37. The molecule has 0 spiro atoms. The van der Waals surface area contributed by atoms with Crippen LogP contribution in [0.5, 0.6) is 0 Å². The first-order valence-electron chi connectivity index (χ1n) is 5.11. The molecule has 0 aliphatic heterocycles. The van der Waals surface area contributed by atoms with E-state index in [1.807, 2.05) is 0 Å². The minimum Gasteiger partial charge on any atom is -0.379 e. The third-order valence-electron chi connectivity index (χ3n) is 2.81. The Balaban J connectivity index is 2.65. The van der Waals surface area contributed by atoms with Gasteiger partial charge in [0.15, 0.2) is 0 Å². The molecule has 0 aromatic carbocycles. The molecule has 90 valence electrons. The molecule has 5 heteroatoms. The molecule has 1 saturated carbocycles. The molecule has 1 aliphatic rings. The number of primary amides is 1. The topological polar surface area (TPSA) is 61.5 Å². The van der Waals surface area contributed by atoms with Gasteiger partial charge in [-0.05, 0) is 12.8 Å². The minimum atomic E-state index is -0.265. The number of carbonyl (C=O) groups is 1. The van der Waals surface area contributed by atoms with Gasteiger partial charge in [0.05, 0.1) is 12.2 Å². The monoisotopic (exact) mass is 337 g/mol. The lowest BCUT2D eigenvalue weighted by Crippen LogP contribution is -2.47. The Morgan fingerprint density at radius 2 is 2.31 bits per heavy atom. The summed E-state index contributed by atoms with van der Waals surface area (Å²) in [5, 5.41) is 0. The summed E-state index contributed by atoms with van der Waals surface area (Å²) >= 11 is 2.26. The van der Waals surface area contributed by atoms with Crippen LogP contribution in [0, 0.1) is 18.3 Å². The number of amides is 1. The largest absolute Gasteiger partial charge is 0.379 e. The fraction of sp³-hybridized carbons (Fsp3) is 0.727. The Bertz CT molecular complexity index is 289. The number of nitrogens with two attached hydrogens (primary N) is 1. The molecule has 4 nitrogen and oxygen atoms in total. The van der Waals surface area contributed by atoms with Crippen LogP contribution < -0.4 is 5.73 Å². The van der Waals surface area contributed by atoms with E-state index in [9.17, 15) is 4.79 Å². The summed E-state index contributed by atoms with van der Waals surface area (Å²) < 4.78 is 11.1. The SMILES string of the molecule is C#CCOC1C(I)CC(C(N)=O)CC1OC. The van der Waals surface area contributed by atoms with E-state index in [0.29, 0.717) is 6.42 Å². The van der Waals surface area contributed by atoms with Crippen LogP contribution in [0.1, 0.15) is 12.8 Å². The van der Waals surface area contributed by atoms with Gasteiger partial charge in [-0.25, -0.2) is 0 Å². The van der Waals surface area contributed by atoms with Crippen LogP contribution in [0.15, 0.2) is 0 Å². The maximum atomic E-state index is 11.2. The van der Waals surface area contributed by atoms with Crippen LogP contribution in [0.4, 0.5) is 0 Å². The van der Waals surface area contributed by atoms with Crippen molar-refractivity contribution in [1.29, 1.82) is 0 Å². The van der Waals surface area contributed by atoms with Crippen molar-refractivity contribution in [1.82, 2.24) is 0 Å². The molecule has 0 bridgehead atoms. The summed E-state index contributed by atoms with van der Waals surface area (Å²) in [6, 6.07) is 0. The van der Waals surface area contributed by atoms with Crippen molar-refractivity contribution in [3.8, 4) is 12.3 Å². The van der Waals surface area contributed by atoms with E-state index >= 15 is 0 Å². The zero-order chi connectivity index (χ0) is 12.1. The molecule has 16 heavy (non-hydrogen) atoms. The normalized spacial score (nSPS) is 34.3. The van der Waals surface area contributed by atoms with Gasteiger partial charge in [0.1, 0.15) is 6.61 Å². The molecule has 1 fully saturated rings. The molecule has 1 rings (SSSR count). The van der Waals surface area contributed by atoms with Crippen LogP contribution in [0.2, 0.25) is 0 Å². The van der Waals surface area contributed by atoms with Gasteiger partial charge in [-0.3, -0.25) is 4.79 Å². The number of hydrogen-bond donors (Lipinski definition) is 1. The summed E-state index contributed by atoms with van der Waals surface area (Å²) in [4.78, 5) is 11.2. The maximum absolute atomic E-state index is 11.2. The van der Waals surface area contributed by atoms with E-state index in [-0.39, 0.29) is 34.6 Å². The van der Waals surface area contributed by atoms with Crippen molar-refractivity contribution in [3.63, 3.8) is 0 Å². The number of halogens is 1. The molecule has 2 N–H and O–H groups in total. The summed E-state index contributed by atoms with van der Waals surface area (Å²) in [5.74, 6) is 2.05. The number of carbonyl (C=O) groups excluding carboxylic acids is 1. The fourth-order valence-electron chi connectivity index (χ4n) is 1.97. The second-order valence-corrected chi connectivity index (χ2v) is 5.44. The predicted molar refractivity (Wildman–Crippen MR) is 69.1 cm³/mol. The Kier molecular flexibility index (Phi) is 5.52. The van der Waals surface area contributed by atoms with E-state index in [0.717, 1.165) is 6.42 Å². The van der Waals surface area contributed by atoms with Crippen molar-refractivity contribution in [2.75, 3.05) is 13.7 Å². The van der Waals surface area contributed by atoms with Gasteiger partial charge in [0.2, 0.25) is 5.91 Å². The fourth-order valence-corrected chi connectivity index (χ4v) is 3.25. The number of terminal acetylenes is 1. The Morgan fingerprint density at radius 1 is 1.62 bits per heavy atom. The summed E-state index contributed by atoms with van der Waals surface area (Å²) in [6.07, 6.45) is 6.33. The second kappa shape index (κ2) is 6.42. The van der Waals surface area contributed by atoms with Crippen LogP contribution >= 0.6 is 22.6 Å². The quantitative estimate of drug-likeness (QED) is 0.467. The van der Waals surface area contributed by atoms with Gasteiger partial charge in [-0.1, -0.05) is 28.5 Å². The Labute approximate surface area is 109 Å². The van der Waals surface area contributed by atoms with E-state index < -0.39 is 0 Å². The number of methoxy groups -OCH3 is 1. The summed E-state index contributed by atoms with van der Waals surface area (Å²) in [6.45, 7) is 0.269. The van der Waals surface area contributed by atoms with Gasteiger partial charge in [0, 0.05) is 17.0 Å². The summed E-state index contributed by atoms with van der Waals surface area (Å²) in [5.41, 5.74) is 5.32. The first kappa shape index (κ1) is 13.7. The van der Waals surface area contributed by atoms with Crippen LogP contribution in [0.3, 0.4) is 0 Å². The highest BCUT2D eigenvalue weighted by molar-refractivity contribution is 14.1. The third-order valence-corrected chi connectivity index (χ3v) is 4.03. The molecule has 0 saturated heterocycles. The number of alkyl halides is 1. The van der Waals surface area contributed by atoms with E-state index in [1.165, 1.54) is 0 Å². The molecule has 1 aliphatic carbocycles. The van der Waals surface area contributed by atoms with Gasteiger partial charge >= 0.3 is 0 Å². The second-order valence-electron chi connectivity index (χ2n) is 3.84. The highest BCUT2D eigenvalue weighted by Gasteiger charge is 2.39. The molecule has 4 unspecified atom stereocenters. The molecule has 0 aromatic rings. The summed E-state index contributed by atoms with van der Waals surface area (Å²) in [7, 11) is 1.61. The lowest BCUT2D eigenvalue weighted by atomic mass is 9.84. The zero-order valence-electron chi connectivity index (χ0n) is 9.19. The van der Waals surface area contributed by atoms with Gasteiger partial charge in [-0.2, -0.15) is 0 Å². The Hall–Kier alpha value is -0.320. The smallest absolute Gasteiger partial charge is 0.220 e. The first-order valence-corrected chi connectivity index (χ1v) is 6.36. The van der Waals surface area contributed by atoms with Crippen LogP contribution in [-0.2, 0) is 14.3 Å². The molecule has 0 radical (unpaired) electrons. The van der Waals surface area contributed by atoms with E-state index in [2.05, 4.69) is 28.5 Å². The Morgan fingerprint density at radius 3 is 2.81 bits per heavy atom. The molecule has 1 amide bonds. The van der Waals surface area contributed by atoms with Gasteiger partial charge in [0.25, 0.3) is 0 Å². The number of rotatable bonds is 4. The number of ether oxygens (including phenoxy) is 2. The molecule has 4 atom stereocenters. The van der Waals surface area contributed by atoms with Crippen molar-refractivity contribution < 1.29 is 14.3 Å². The van der Waals surface area contributed by atoms with Gasteiger partial charge < -0.3 is 15.2 Å². The van der Waals surface area contributed by atoms with Crippen LogP contribution in [0.25, 0.3) is 0 Å². The molecular formula is C11H16INO3. The average molecular weight is 337 g/mol. The molecule has 0 heterocycles. The minimum absolute atomic E-state index is 0.0581. The van der Waals surface area contributed by atoms with E-state index in [1.54, 1.807) is 7.11 Å². The van der Waals surface area contributed by atoms with Crippen LogP contribution in [-0.4, -0.2) is 35.8 Å². The van der Waals surface area contributed by atoms with Crippen molar-refractivity contribution >= 4 is 28.5 Å². The van der Waals surface area contributed by atoms with Crippen molar-refractivity contribution in [2.45, 2.75) is 29.0 Å². The highest BCUT2D eigenvalue weighted by atomic mass is 127. The standard InChI is InChI=1S/C11H16INO3/c1-3-4-16-10-8(12)5-7(11(13)14)6-9(10)15-2/h1,7-10H,4-6H2,2H3,(H2,13,14). The molecule has 0 aromatic heterocycles. The predicted octanol–water partition coefficient (Wildman–Crippen LogP) is 0.719. The average Bonchev–Trinajstić information content (AvgIpc) is 2.26. The van der Waals surface area contributed by atoms with Gasteiger partial charge in [-0.15, -0.1) is 6.42 Å². The lowest BCUT2D eigenvalue weighted by molar-refractivity contribution is -0.128. The zero-order valence-corrected chi connectivity index (χ0v) is 11.3. The third kappa shape index (κ3) is 3.34. The number of hydrogen-bond acceptors (Lipinski definition) is 3. The molecular weight excluding hydrogens is 321 g/mol.